The highest BCUT2D eigenvalue weighted by atomic mass is 32.2. The number of rotatable bonds is 5. The van der Waals surface area contributed by atoms with Crippen molar-refractivity contribution in [1.82, 2.24) is 0 Å². The summed E-state index contributed by atoms with van der Waals surface area (Å²) in [5.74, 6) is -2.45. The molecule has 0 radical (unpaired) electrons. The van der Waals surface area contributed by atoms with Crippen LogP contribution in [0, 0.1) is 17.2 Å². The summed E-state index contributed by atoms with van der Waals surface area (Å²) in [6, 6.07) is 1.13. The first-order valence-electron chi connectivity index (χ1n) is 4.23. The smallest absolute Gasteiger partial charge is 0.260 e. The lowest BCUT2D eigenvalue weighted by Gasteiger charge is -2.12. The van der Waals surface area contributed by atoms with Crippen LogP contribution in [0.2, 0.25) is 0 Å². The fourth-order valence-electron chi connectivity index (χ4n) is 0.780. The Labute approximate surface area is 83.6 Å². The van der Waals surface area contributed by atoms with E-state index in [1.807, 2.05) is 6.92 Å². The zero-order valence-electron chi connectivity index (χ0n) is 7.80. The van der Waals surface area contributed by atoms with Gasteiger partial charge in [-0.1, -0.05) is 13.3 Å². The molecule has 0 spiro atoms. The molecule has 2 unspecified atom stereocenters. The normalized spacial score (nSPS) is 15.9. The molecule has 0 aromatic rings. The van der Waals surface area contributed by atoms with Gasteiger partial charge in [0.2, 0.25) is 0 Å². The van der Waals surface area contributed by atoms with Crippen molar-refractivity contribution in [2.24, 2.45) is 5.92 Å². The first-order chi connectivity index (χ1) is 6.41. The molecule has 0 aliphatic heterocycles. The Bertz CT molecular complexity index is 234. The second-order valence-corrected chi connectivity index (χ2v) is 4.51. The van der Waals surface area contributed by atoms with Gasteiger partial charge in [-0.3, -0.25) is 4.21 Å². The highest BCUT2D eigenvalue weighted by Gasteiger charge is 2.40. The molecule has 0 aliphatic rings. The van der Waals surface area contributed by atoms with E-state index >= 15 is 0 Å². The van der Waals surface area contributed by atoms with Crippen molar-refractivity contribution in [2.45, 2.75) is 25.9 Å². The average Bonchev–Trinajstić information content (AvgIpc) is 2.08. The maximum atomic E-state index is 12.0. The van der Waals surface area contributed by atoms with Crippen LogP contribution in [0.1, 0.15) is 19.8 Å². The van der Waals surface area contributed by atoms with Gasteiger partial charge in [0, 0.05) is 22.3 Å². The molecule has 0 aromatic carbocycles. The van der Waals surface area contributed by atoms with Gasteiger partial charge >= 0.3 is 6.18 Å². The standard InChI is InChI=1S/C8H12F3NOS/c1-2-3-4-14(13)6-7(5-12)8(9,10)11/h7H,2-4,6H2,1H3. The van der Waals surface area contributed by atoms with Crippen LogP contribution in [-0.2, 0) is 10.8 Å². The third-order valence-corrected chi connectivity index (χ3v) is 3.08. The highest BCUT2D eigenvalue weighted by Crippen LogP contribution is 2.26. The Balaban J connectivity index is 4.08. The van der Waals surface area contributed by atoms with Crippen LogP contribution in [0.3, 0.4) is 0 Å². The number of unbranched alkanes of at least 4 members (excludes halogenated alkanes) is 1. The molecule has 82 valence electrons. The second kappa shape index (κ2) is 6.02. The minimum atomic E-state index is -4.56. The molecule has 0 bridgehead atoms. The molecule has 0 heterocycles. The van der Waals surface area contributed by atoms with Crippen LogP contribution < -0.4 is 0 Å². The lowest BCUT2D eigenvalue weighted by molar-refractivity contribution is -0.153. The van der Waals surface area contributed by atoms with E-state index in [0.29, 0.717) is 6.42 Å². The number of nitrogens with zero attached hydrogens (tertiary/aromatic N) is 1. The fourth-order valence-corrected chi connectivity index (χ4v) is 2.19. The van der Waals surface area contributed by atoms with Gasteiger partial charge in [-0.05, 0) is 6.42 Å². The summed E-state index contributed by atoms with van der Waals surface area (Å²) in [6.45, 7) is 1.86. The number of hydrogen-bond donors (Lipinski definition) is 0. The fraction of sp³-hybridized carbons (Fsp3) is 0.875. The van der Waals surface area contributed by atoms with E-state index < -0.39 is 28.6 Å². The highest BCUT2D eigenvalue weighted by molar-refractivity contribution is 7.84. The predicted octanol–water partition coefficient (Wildman–Crippen LogP) is 2.24. The van der Waals surface area contributed by atoms with Gasteiger partial charge in [0.25, 0.3) is 0 Å². The van der Waals surface area contributed by atoms with Gasteiger partial charge in [0.05, 0.1) is 6.07 Å². The van der Waals surface area contributed by atoms with Gasteiger partial charge in [-0.25, -0.2) is 0 Å². The molecule has 0 saturated carbocycles. The van der Waals surface area contributed by atoms with Crippen molar-refractivity contribution in [1.29, 1.82) is 5.26 Å². The zero-order chi connectivity index (χ0) is 11.2. The first kappa shape index (κ1) is 13.4. The first-order valence-corrected chi connectivity index (χ1v) is 5.72. The minimum Gasteiger partial charge on any atom is -0.260 e. The van der Waals surface area contributed by atoms with E-state index in [4.69, 9.17) is 5.26 Å². The van der Waals surface area contributed by atoms with Crippen LogP contribution in [0.5, 0.6) is 0 Å². The third kappa shape index (κ3) is 5.22. The summed E-state index contributed by atoms with van der Waals surface area (Å²) in [5, 5.41) is 8.23. The van der Waals surface area contributed by atoms with E-state index in [2.05, 4.69) is 0 Å². The minimum absolute atomic E-state index is 0.241. The van der Waals surface area contributed by atoms with Crippen molar-refractivity contribution in [3.8, 4) is 6.07 Å². The molecule has 0 amide bonds. The van der Waals surface area contributed by atoms with E-state index in [0.717, 1.165) is 12.5 Å². The predicted molar refractivity (Wildman–Crippen MR) is 47.9 cm³/mol. The summed E-state index contributed by atoms with van der Waals surface area (Å²) < 4.78 is 47.2. The van der Waals surface area contributed by atoms with Gasteiger partial charge < -0.3 is 0 Å². The largest absolute Gasteiger partial charge is 0.405 e. The quantitative estimate of drug-likeness (QED) is 0.722. The van der Waals surface area contributed by atoms with Crippen molar-refractivity contribution in [2.75, 3.05) is 11.5 Å². The number of hydrogen-bond acceptors (Lipinski definition) is 2. The molecule has 2 nitrogen and oxygen atoms in total. The van der Waals surface area contributed by atoms with Gasteiger partial charge in [-0.2, -0.15) is 18.4 Å². The van der Waals surface area contributed by atoms with Gasteiger partial charge in [0.15, 0.2) is 5.92 Å². The SMILES string of the molecule is CCCCS(=O)CC(C#N)C(F)(F)F. The van der Waals surface area contributed by atoms with Crippen molar-refractivity contribution in [3.63, 3.8) is 0 Å². The molecule has 0 fully saturated rings. The molecule has 0 aromatic heterocycles. The molecule has 14 heavy (non-hydrogen) atoms. The van der Waals surface area contributed by atoms with Crippen LogP contribution in [0.4, 0.5) is 13.2 Å². The van der Waals surface area contributed by atoms with Crippen LogP contribution in [-0.4, -0.2) is 21.9 Å². The van der Waals surface area contributed by atoms with Gasteiger partial charge in [-0.15, -0.1) is 0 Å². The Morgan fingerprint density at radius 3 is 2.43 bits per heavy atom. The average molecular weight is 227 g/mol. The Hall–Kier alpha value is -0.570. The van der Waals surface area contributed by atoms with Crippen LogP contribution >= 0.6 is 0 Å². The second-order valence-electron chi connectivity index (χ2n) is 2.89. The van der Waals surface area contributed by atoms with E-state index in [1.165, 1.54) is 0 Å². The summed E-state index contributed by atoms with van der Waals surface area (Å²) >= 11 is 0. The Morgan fingerprint density at radius 2 is 2.07 bits per heavy atom. The molecular weight excluding hydrogens is 215 g/mol. The number of halogens is 3. The van der Waals surface area contributed by atoms with Crippen molar-refractivity contribution >= 4 is 10.8 Å². The molecular formula is C8H12F3NOS. The maximum Gasteiger partial charge on any atom is 0.405 e. The van der Waals surface area contributed by atoms with E-state index in [-0.39, 0.29) is 5.75 Å². The number of alkyl halides is 3. The summed E-state index contributed by atoms with van der Waals surface area (Å²) in [5.41, 5.74) is 0. The molecule has 2 atom stereocenters. The monoisotopic (exact) mass is 227 g/mol. The molecule has 0 rings (SSSR count). The summed E-state index contributed by atoms with van der Waals surface area (Å²) in [4.78, 5) is 0. The van der Waals surface area contributed by atoms with Crippen molar-refractivity contribution < 1.29 is 17.4 Å². The Kier molecular flexibility index (Phi) is 5.77. The Morgan fingerprint density at radius 1 is 1.50 bits per heavy atom. The van der Waals surface area contributed by atoms with Crippen LogP contribution in [0.25, 0.3) is 0 Å². The molecule has 0 N–H and O–H groups in total. The molecule has 0 saturated heterocycles. The molecule has 6 heteroatoms. The van der Waals surface area contributed by atoms with E-state index in [9.17, 15) is 17.4 Å². The lowest BCUT2D eigenvalue weighted by atomic mass is 10.2. The van der Waals surface area contributed by atoms with Crippen LogP contribution in [0.15, 0.2) is 0 Å². The van der Waals surface area contributed by atoms with Gasteiger partial charge in [0.1, 0.15) is 0 Å². The number of nitriles is 1. The van der Waals surface area contributed by atoms with E-state index in [1.54, 1.807) is 0 Å². The zero-order valence-corrected chi connectivity index (χ0v) is 8.62. The summed E-state index contributed by atoms with van der Waals surface area (Å²) in [6.07, 6.45) is -3.14. The maximum absolute atomic E-state index is 12.0. The third-order valence-electron chi connectivity index (χ3n) is 1.63. The topological polar surface area (TPSA) is 40.9 Å². The molecule has 0 aliphatic carbocycles. The van der Waals surface area contributed by atoms with Crippen molar-refractivity contribution in [3.05, 3.63) is 0 Å². The summed E-state index contributed by atoms with van der Waals surface area (Å²) in [7, 11) is -1.54. The lowest BCUT2D eigenvalue weighted by Crippen LogP contribution is -2.27.